The molecule has 0 unspecified atom stereocenters. The highest BCUT2D eigenvalue weighted by Gasteiger charge is 2.21. The predicted octanol–water partition coefficient (Wildman–Crippen LogP) is 2.39. The summed E-state index contributed by atoms with van der Waals surface area (Å²) in [5.74, 6) is -1.31. The second kappa shape index (κ2) is 5.78. The van der Waals surface area contributed by atoms with E-state index in [1.807, 2.05) is 0 Å². The van der Waals surface area contributed by atoms with Crippen LogP contribution in [0.5, 0.6) is 0 Å². The van der Waals surface area contributed by atoms with Gasteiger partial charge in [0.1, 0.15) is 5.82 Å². The first-order valence-corrected chi connectivity index (χ1v) is 7.60. The lowest BCUT2D eigenvalue weighted by molar-refractivity contribution is 0.154. The molecule has 0 aliphatic rings. The summed E-state index contributed by atoms with van der Waals surface area (Å²) in [7, 11) is -3.81. The molecule has 20 heavy (non-hydrogen) atoms. The highest BCUT2D eigenvalue weighted by atomic mass is 32.2. The van der Waals surface area contributed by atoms with E-state index in [0.29, 0.717) is 0 Å². The number of rotatable bonds is 3. The van der Waals surface area contributed by atoms with Gasteiger partial charge in [0, 0.05) is 5.54 Å². The summed E-state index contributed by atoms with van der Waals surface area (Å²) in [5, 5.41) is 2.48. The Bertz CT molecular complexity index is 605. The van der Waals surface area contributed by atoms with Crippen molar-refractivity contribution in [2.24, 2.45) is 0 Å². The Morgan fingerprint density at radius 2 is 1.95 bits per heavy atom. The van der Waals surface area contributed by atoms with Gasteiger partial charge in [-0.05, 0) is 51.5 Å². The molecule has 0 saturated heterocycles. The van der Waals surface area contributed by atoms with E-state index in [1.165, 1.54) is 6.92 Å². The summed E-state index contributed by atoms with van der Waals surface area (Å²) in [6, 6.07) is 3.32. The summed E-state index contributed by atoms with van der Waals surface area (Å²) in [5.41, 5.74) is -0.253. The second-order valence-electron chi connectivity index (χ2n) is 5.45. The number of aryl methyl sites for hydroxylation is 1. The first-order valence-electron chi connectivity index (χ1n) is 5.95. The van der Waals surface area contributed by atoms with Crippen LogP contribution in [0.3, 0.4) is 0 Å². The van der Waals surface area contributed by atoms with E-state index >= 15 is 0 Å². The van der Waals surface area contributed by atoms with E-state index in [0.717, 1.165) is 18.2 Å². The van der Waals surface area contributed by atoms with Gasteiger partial charge in [-0.2, -0.15) is 0 Å². The lowest BCUT2D eigenvalue weighted by atomic mass is 10.1. The van der Waals surface area contributed by atoms with E-state index in [4.69, 9.17) is 4.74 Å². The number of benzene rings is 1. The normalized spacial score (nSPS) is 12.1. The van der Waals surface area contributed by atoms with E-state index in [9.17, 15) is 17.6 Å². The van der Waals surface area contributed by atoms with Crippen LogP contribution in [0.4, 0.5) is 9.18 Å². The fraction of sp³-hybridized carbons (Fsp3) is 0.462. The van der Waals surface area contributed by atoms with Gasteiger partial charge in [0.2, 0.25) is 9.84 Å². The molecule has 1 aromatic rings. The number of carbonyl (C=O) groups is 1. The molecule has 1 amide bonds. The molecule has 0 aromatic heterocycles. The van der Waals surface area contributed by atoms with Gasteiger partial charge in [-0.15, -0.1) is 0 Å². The molecule has 0 aliphatic carbocycles. The third-order valence-electron chi connectivity index (χ3n) is 2.29. The zero-order valence-electron chi connectivity index (χ0n) is 11.9. The third-order valence-corrected chi connectivity index (χ3v) is 3.85. The molecule has 0 bridgehead atoms. The smallest absolute Gasteiger partial charge is 0.408 e. The molecule has 0 aliphatic heterocycles. The second-order valence-corrected chi connectivity index (χ2v) is 7.35. The van der Waals surface area contributed by atoms with Crippen molar-refractivity contribution in [1.29, 1.82) is 0 Å². The summed E-state index contributed by atoms with van der Waals surface area (Å²) >= 11 is 0. The highest BCUT2D eigenvalue weighted by Crippen LogP contribution is 2.17. The Morgan fingerprint density at radius 1 is 1.35 bits per heavy atom. The van der Waals surface area contributed by atoms with Crippen LogP contribution < -0.4 is 5.32 Å². The molecular formula is C13H18FNO4S. The quantitative estimate of drug-likeness (QED) is 0.870. The van der Waals surface area contributed by atoms with Gasteiger partial charge in [0.05, 0.1) is 4.90 Å². The number of amides is 1. The van der Waals surface area contributed by atoms with Crippen molar-refractivity contribution in [3.63, 3.8) is 0 Å². The zero-order valence-corrected chi connectivity index (χ0v) is 12.7. The highest BCUT2D eigenvalue weighted by molar-refractivity contribution is 7.91. The first-order chi connectivity index (χ1) is 9.01. The fourth-order valence-corrected chi connectivity index (χ4v) is 2.71. The molecule has 1 aromatic carbocycles. The number of alkyl carbamates (subject to hydrolysis) is 1. The average Bonchev–Trinajstić information content (AvgIpc) is 2.23. The average molecular weight is 303 g/mol. The minimum atomic E-state index is -3.81. The first kappa shape index (κ1) is 16.4. The zero-order chi connectivity index (χ0) is 15.6. The van der Waals surface area contributed by atoms with Crippen molar-refractivity contribution in [3.8, 4) is 0 Å². The monoisotopic (exact) mass is 303 g/mol. The van der Waals surface area contributed by atoms with E-state index in [1.54, 1.807) is 20.8 Å². The third kappa shape index (κ3) is 4.80. The molecule has 7 heteroatoms. The van der Waals surface area contributed by atoms with Crippen molar-refractivity contribution in [1.82, 2.24) is 5.32 Å². The van der Waals surface area contributed by atoms with Gasteiger partial charge in [-0.25, -0.2) is 17.6 Å². The number of sulfone groups is 1. The standard InChI is InChI=1S/C13H18FNO4S/c1-9-7-10(14)5-6-11(9)20(17,18)8-19-12(16)15-13(2,3)4/h5-7H,8H2,1-4H3,(H,15,16). The van der Waals surface area contributed by atoms with Crippen LogP contribution in [-0.4, -0.2) is 26.0 Å². The van der Waals surface area contributed by atoms with Crippen molar-refractivity contribution in [2.75, 3.05) is 5.94 Å². The van der Waals surface area contributed by atoms with E-state index < -0.39 is 33.2 Å². The number of hydrogen-bond donors (Lipinski definition) is 1. The van der Waals surface area contributed by atoms with Gasteiger partial charge in [0.25, 0.3) is 0 Å². The molecule has 0 spiro atoms. The largest absolute Gasteiger partial charge is 0.433 e. The van der Waals surface area contributed by atoms with Crippen molar-refractivity contribution in [2.45, 2.75) is 38.1 Å². The number of hydrogen-bond acceptors (Lipinski definition) is 4. The van der Waals surface area contributed by atoms with Crippen LogP contribution in [0.25, 0.3) is 0 Å². The number of halogens is 1. The van der Waals surface area contributed by atoms with Gasteiger partial charge >= 0.3 is 6.09 Å². The SMILES string of the molecule is Cc1cc(F)ccc1S(=O)(=O)COC(=O)NC(C)(C)C. The summed E-state index contributed by atoms with van der Waals surface area (Å²) in [6.07, 6.45) is -0.819. The Kier molecular flexibility index (Phi) is 4.75. The van der Waals surface area contributed by atoms with E-state index in [-0.39, 0.29) is 10.5 Å². The molecule has 5 nitrogen and oxygen atoms in total. The van der Waals surface area contributed by atoms with Crippen LogP contribution in [0.15, 0.2) is 23.1 Å². The fourth-order valence-electron chi connectivity index (χ4n) is 1.50. The van der Waals surface area contributed by atoms with Crippen LogP contribution >= 0.6 is 0 Å². The minimum absolute atomic E-state index is 0.0533. The lowest BCUT2D eigenvalue weighted by Gasteiger charge is -2.20. The van der Waals surface area contributed by atoms with Gasteiger partial charge < -0.3 is 10.1 Å². The van der Waals surface area contributed by atoms with E-state index in [2.05, 4.69) is 5.32 Å². The molecular weight excluding hydrogens is 285 g/mol. The summed E-state index contributed by atoms with van der Waals surface area (Å²) < 4.78 is 41.6. The van der Waals surface area contributed by atoms with Gasteiger partial charge in [-0.1, -0.05) is 0 Å². The van der Waals surface area contributed by atoms with Gasteiger partial charge in [0.15, 0.2) is 5.94 Å². The van der Waals surface area contributed by atoms with Crippen LogP contribution in [0.2, 0.25) is 0 Å². The Hall–Kier alpha value is -1.63. The Balaban J connectivity index is 2.78. The maximum Gasteiger partial charge on any atom is 0.408 e. The molecule has 0 heterocycles. The number of ether oxygens (including phenoxy) is 1. The molecule has 112 valence electrons. The number of carbonyl (C=O) groups excluding carboxylic acids is 1. The molecule has 0 radical (unpaired) electrons. The summed E-state index contributed by atoms with van der Waals surface area (Å²) in [4.78, 5) is 11.4. The topological polar surface area (TPSA) is 72.5 Å². The van der Waals surface area contributed by atoms with Gasteiger partial charge in [-0.3, -0.25) is 0 Å². The molecule has 1 rings (SSSR count). The van der Waals surface area contributed by atoms with Crippen molar-refractivity contribution < 1.29 is 22.3 Å². The summed E-state index contributed by atoms with van der Waals surface area (Å²) in [6.45, 7) is 6.71. The number of nitrogens with one attached hydrogen (secondary N) is 1. The van der Waals surface area contributed by atoms with Crippen molar-refractivity contribution >= 4 is 15.9 Å². The van der Waals surface area contributed by atoms with Crippen LogP contribution in [-0.2, 0) is 14.6 Å². The molecule has 1 N–H and O–H groups in total. The van der Waals surface area contributed by atoms with Crippen LogP contribution in [0, 0.1) is 12.7 Å². The predicted molar refractivity (Wildman–Crippen MR) is 72.6 cm³/mol. The minimum Gasteiger partial charge on any atom is -0.433 e. The van der Waals surface area contributed by atoms with Crippen molar-refractivity contribution in [3.05, 3.63) is 29.6 Å². The Labute approximate surface area is 118 Å². The Morgan fingerprint density at radius 3 is 2.45 bits per heavy atom. The van der Waals surface area contributed by atoms with Crippen LogP contribution in [0.1, 0.15) is 26.3 Å². The molecule has 0 fully saturated rings. The lowest BCUT2D eigenvalue weighted by Crippen LogP contribution is -2.41. The maximum atomic E-state index is 12.9. The molecule has 0 atom stereocenters. The molecule has 0 saturated carbocycles. The maximum absolute atomic E-state index is 12.9.